The molecule has 0 spiro atoms. The fourth-order valence-corrected chi connectivity index (χ4v) is 1.69. The average Bonchev–Trinajstić information content (AvgIpc) is 2.23. The molecule has 0 amide bonds. The Morgan fingerprint density at radius 1 is 1.33 bits per heavy atom. The summed E-state index contributed by atoms with van der Waals surface area (Å²) in [6.07, 6.45) is 1.86. The molecule has 0 atom stereocenters. The standard InChI is InChI=1S/C11H15BrClNO/c12-10-4-3-9(7-11(10)13)8-14-5-1-2-6-15/h3-4,7,14-15H,1-2,5-6,8H2. The summed E-state index contributed by atoms with van der Waals surface area (Å²) in [7, 11) is 0. The van der Waals surface area contributed by atoms with E-state index in [-0.39, 0.29) is 6.61 Å². The second kappa shape index (κ2) is 7.23. The lowest BCUT2D eigenvalue weighted by atomic mass is 10.2. The second-order valence-electron chi connectivity index (χ2n) is 3.36. The fourth-order valence-electron chi connectivity index (χ4n) is 1.24. The summed E-state index contributed by atoms with van der Waals surface area (Å²) in [6.45, 7) is 2.01. The van der Waals surface area contributed by atoms with Gasteiger partial charge in [0.2, 0.25) is 0 Å². The third-order valence-corrected chi connectivity index (χ3v) is 3.31. The van der Waals surface area contributed by atoms with E-state index in [1.807, 2.05) is 18.2 Å². The second-order valence-corrected chi connectivity index (χ2v) is 4.62. The predicted molar refractivity (Wildman–Crippen MR) is 67.2 cm³/mol. The van der Waals surface area contributed by atoms with Crippen LogP contribution in [0.3, 0.4) is 0 Å². The Morgan fingerprint density at radius 3 is 2.80 bits per heavy atom. The molecule has 0 radical (unpaired) electrons. The number of aliphatic hydroxyl groups is 1. The molecule has 0 unspecified atom stereocenters. The minimum atomic E-state index is 0.270. The molecule has 15 heavy (non-hydrogen) atoms. The molecule has 0 saturated heterocycles. The Hall–Kier alpha value is -0.0900. The van der Waals surface area contributed by atoms with Gasteiger partial charge in [0.05, 0.1) is 5.02 Å². The predicted octanol–water partition coefficient (Wildman–Crippen LogP) is 2.96. The van der Waals surface area contributed by atoms with Crippen molar-refractivity contribution in [1.29, 1.82) is 0 Å². The summed E-state index contributed by atoms with van der Waals surface area (Å²) in [5.74, 6) is 0. The number of aliphatic hydroxyl groups excluding tert-OH is 1. The van der Waals surface area contributed by atoms with Crippen LogP contribution in [-0.2, 0) is 6.54 Å². The normalized spacial score (nSPS) is 10.6. The quantitative estimate of drug-likeness (QED) is 0.790. The largest absolute Gasteiger partial charge is 0.396 e. The highest BCUT2D eigenvalue weighted by atomic mass is 79.9. The lowest BCUT2D eigenvalue weighted by Crippen LogP contribution is -2.14. The van der Waals surface area contributed by atoms with E-state index < -0.39 is 0 Å². The first-order chi connectivity index (χ1) is 7.24. The molecule has 0 aliphatic heterocycles. The molecule has 4 heteroatoms. The van der Waals surface area contributed by atoms with Crippen LogP contribution in [0.5, 0.6) is 0 Å². The Labute approximate surface area is 104 Å². The number of halogens is 2. The van der Waals surface area contributed by atoms with Gasteiger partial charge in [-0.3, -0.25) is 0 Å². The van der Waals surface area contributed by atoms with Crippen molar-refractivity contribution >= 4 is 27.5 Å². The van der Waals surface area contributed by atoms with Crippen molar-refractivity contribution < 1.29 is 5.11 Å². The van der Waals surface area contributed by atoms with Gasteiger partial charge in [-0.15, -0.1) is 0 Å². The Balaban J connectivity index is 2.28. The summed E-state index contributed by atoms with van der Waals surface area (Å²) in [5.41, 5.74) is 1.17. The summed E-state index contributed by atoms with van der Waals surface area (Å²) in [5, 5.41) is 12.6. The zero-order valence-corrected chi connectivity index (χ0v) is 10.8. The molecule has 1 aromatic carbocycles. The lowest BCUT2D eigenvalue weighted by molar-refractivity contribution is 0.283. The minimum absolute atomic E-state index is 0.270. The van der Waals surface area contributed by atoms with E-state index in [0.717, 1.165) is 35.4 Å². The van der Waals surface area contributed by atoms with Gasteiger partial charge in [0.25, 0.3) is 0 Å². The van der Waals surface area contributed by atoms with Gasteiger partial charge in [-0.25, -0.2) is 0 Å². The molecule has 1 rings (SSSR count). The number of rotatable bonds is 6. The molecular formula is C11H15BrClNO. The van der Waals surface area contributed by atoms with E-state index in [9.17, 15) is 0 Å². The van der Waals surface area contributed by atoms with Crippen LogP contribution in [0, 0.1) is 0 Å². The lowest BCUT2D eigenvalue weighted by Gasteiger charge is -2.05. The molecule has 2 N–H and O–H groups in total. The van der Waals surface area contributed by atoms with Crippen molar-refractivity contribution in [3.63, 3.8) is 0 Å². The van der Waals surface area contributed by atoms with Crippen LogP contribution >= 0.6 is 27.5 Å². The van der Waals surface area contributed by atoms with Gasteiger partial charge < -0.3 is 10.4 Å². The molecule has 0 aliphatic rings. The van der Waals surface area contributed by atoms with E-state index in [1.165, 1.54) is 5.56 Å². The Bertz CT molecular complexity index is 307. The van der Waals surface area contributed by atoms with Gasteiger partial charge in [-0.05, 0) is 53.0 Å². The highest BCUT2D eigenvalue weighted by molar-refractivity contribution is 9.10. The maximum atomic E-state index is 8.60. The minimum Gasteiger partial charge on any atom is -0.396 e. The zero-order valence-electron chi connectivity index (χ0n) is 8.47. The first-order valence-corrected chi connectivity index (χ1v) is 6.16. The first kappa shape index (κ1) is 13.0. The van der Waals surface area contributed by atoms with Crippen molar-refractivity contribution in [2.24, 2.45) is 0 Å². The van der Waals surface area contributed by atoms with Crippen molar-refractivity contribution in [2.45, 2.75) is 19.4 Å². The molecule has 0 bridgehead atoms. The molecule has 84 valence electrons. The summed E-state index contributed by atoms with van der Waals surface area (Å²) < 4.78 is 0.924. The Morgan fingerprint density at radius 2 is 2.13 bits per heavy atom. The van der Waals surface area contributed by atoms with Crippen LogP contribution in [0.1, 0.15) is 18.4 Å². The van der Waals surface area contributed by atoms with E-state index in [0.29, 0.717) is 0 Å². The molecule has 0 fully saturated rings. The molecular weight excluding hydrogens is 277 g/mol. The number of nitrogens with one attached hydrogen (secondary N) is 1. The van der Waals surface area contributed by atoms with Gasteiger partial charge in [-0.2, -0.15) is 0 Å². The summed E-state index contributed by atoms with van der Waals surface area (Å²) in [4.78, 5) is 0. The highest BCUT2D eigenvalue weighted by Crippen LogP contribution is 2.22. The molecule has 1 aromatic rings. The zero-order chi connectivity index (χ0) is 11.1. The fraction of sp³-hybridized carbons (Fsp3) is 0.455. The van der Waals surface area contributed by atoms with Crippen molar-refractivity contribution in [3.8, 4) is 0 Å². The van der Waals surface area contributed by atoms with Crippen LogP contribution < -0.4 is 5.32 Å². The van der Waals surface area contributed by atoms with Crippen LogP contribution in [-0.4, -0.2) is 18.3 Å². The van der Waals surface area contributed by atoms with Crippen LogP contribution in [0.2, 0.25) is 5.02 Å². The maximum absolute atomic E-state index is 8.60. The van der Waals surface area contributed by atoms with Gasteiger partial charge in [0.1, 0.15) is 0 Å². The van der Waals surface area contributed by atoms with E-state index in [1.54, 1.807) is 0 Å². The van der Waals surface area contributed by atoms with Crippen molar-refractivity contribution in [1.82, 2.24) is 5.32 Å². The first-order valence-electron chi connectivity index (χ1n) is 4.99. The molecule has 0 aromatic heterocycles. The monoisotopic (exact) mass is 291 g/mol. The van der Waals surface area contributed by atoms with Gasteiger partial charge >= 0.3 is 0 Å². The topological polar surface area (TPSA) is 32.3 Å². The Kier molecular flexibility index (Phi) is 6.25. The van der Waals surface area contributed by atoms with Crippen LogP contribution in [0.15, 0.2) is 22.7 Å². The molecule has 0 heterocycles. The molecule has 2 nitrogen and oxygen atoms in total. The summed E-state index contributed by atoms with van der Waals surface area (Å²) >= 11 is 9.32. The van der Waals surface area contributed by atoms with E-state index in [2.05, 4.69) is 21.2 Å². The summed E-state index contributed by atoms with van der Waals surface area (Å²) in [6, 6.07) is 5.94. The van der Waals surface area contributed by atoms with Gasteiger partial charge in [0.15, 0.2) is 0 Å². The van der Waals surface area contributed by atoms with Crippen molar-refractivity contribution in [2.75, 3.05) is 13.2 Å². The molecule has 0 aliphatic carbocycles. The number of hydrogen-bond acceptors (Lipinski definition) is 2. The SMILES string of the molecule is OCCCCNCc1ccc(Br)c(Cl)c1. The van der Waals surface area contributed by atoms with Gasteiger partial charge in [0, 0.05) is 17.6 Å². The number of benzene rings is 1. The van der Waals surface area contributed by atoms with Crippen LogP contribution in [0.4, 0.5) is 0 Å². The smallest absolute Gasteiger partial charge is 0.0551 e. The average molecular weight is 293 g/mol. The molecule has 0 saturated carbocycles. The highest BCUT2D eigenvalue weighted by Gasteiger charge is 1.98. The third kappa shape index (κ3) is 4.98. The van der Waals surface area contributed by atoms with E-state index >= 15 is 0 Å². The van der Waals surface area contributed by atoms with Crippen molar-refractivity contribution in [3.05, 3.63) is 33.3 Å². The maximum Gasteiger partial charge on any atom is 0.0551 e. The number of hydrogen-bond donors (Lipinski definition) is 2. The van der Waals surface area contributed by atoms with Gasteiger partial charge in [-0.1, -0.05) is 17.7 Å². The number of unbranched alkanes of at least 4 members (excludes halogenated alkanes) is 1. The third-order valence-electron chi connectivity index (χ3n) is 2.07. The van der Waals surface area contributed by atoms with Crippen LogP contribution in [0.25, 0.3) is 0 Å². The van der Waals surface area contributed by atoms with E-state index in [4.69, 9.17) is 16.7 Å².